The highest BCUT2D eigenvalue weighted by Gasteiger charge is 2.22. The lowest BCUT2D eigenvalue weighted by Gasteiger charge is -2.22. The molecule has 3 nitrogen and oxygen atoms in total. The third-order valence-electron chi connectivity index (χ3n) is 4.85. The summed E-state index contributed by atoms with van der Waals surface area (Å²) in [5.74, 6) is -0.304. The Bertz CT molecular complexity index is 1020. The van der Waals surface area contributed by atoms with E-state index in [1.807, 2.05) is 49.4 Å². The Kier molecular flexibility index (Phi) is 5.42. The van der Waals surface area contributed by atoms with Crippen LogP contribution in [0.3, 0.4) is 0 Å². The molecular formula is C22H22BrNO2. The number of carbonyl (C=O) groups excluding carboxylic acids is 1. The number of carbonyl (C=O) groups is 1. The number of aromatic nitrogens is 1. The van der Waals surface area contributed by atoms with Crippen LogP contribution in [0.4, 0.5) is 0 Å². The molecule has 0 amide bonds. The van der Waals surface area contributed by atoms with Crippen molar-refractivity contribution in [2.45, 2.75) is 32.6 Å². The first kappa shape index (κ1) is 18.6. The van der Waals surface area contributed by atoms with Crippen LogP contribution in [0.2, 0.25) is 0 Å². The van der Waals surface area contributed by atoms with Gasteiger partial charge < -0.3 is 9.36 Å². The zero-order chi connectivity index (χ0) is 18.8. The van der Waals surface area contributed by atoms with Gasteiger partial charge in [-0.1, -0.05) is 59.1 Å². The van der Waals surface area contributed by atoms with Crippen molar-refractivity contribution >= 4 is 33.0 Å². The number of aldehydes is 1. The lowest BCUT2D eigenvalue weighted by Crippen LogP contribution is -2.24. The Hall–Kier alpha value is -2.20. The van der Waals surface area contributed by atoms with Gasteiger partial charge in [-0.15, -0.1) is 0 Å². The summed E-state index contributed by atoms with van der Waals surface area (Å²) in [6.07, 6.45) is 2.57. The van der Waals surface area contributed by atoms with Crippen molar-refractivity contribution in [3.8, 4) is 11.1 Å². The molecule has 1 aromatic heterocycles. The van der Waals surface area contributed by atoms with E-state index in [0.29, 0.717) is 5.39 Å². The average molecular weight is 412 g/mol. The summed E-state index contributed by atoms with van der Waals surface area (Å²) in [5, 5.41) is 1.59. The van der Waals surface area contributed by atoms with Crippen LogP contribution in [0.25, 0.3) is 21.9 Å². The average Bonchev–Trinajstić information content (AvgIpc) is 2.63. The fraction of sp³-hybridized carbons (Fsp3) is 0.273. The summed E-state index contributed by atoms with van der Waals surface area (Å²) in [5.41, 5.74) is 3.82. The number of hydrogen-bond acceptors (Lipinski definition) is 2. The van der Waals surface area contributed by atoms with E-state index in [0.717, 1.165) is 51.4 Å². The van der Waals surface area contributed by atoms with Crippen LogP contribution in [-0.4, -0.2) is 10.9 Å². The van der Waals surface area contributed by atoms with Crippen LogP contribution in [0.5, 0.6) is 0 Å². The lowest BCUT2D eigenvalue weighted by atomic mass is 9.89. The maximum absolute atomic E-state index is 13.0. The van der Waals surface area contributed by atoms with Crippen molar-refractivity contribution in [3.63, 3.8) is 0 Å². The van der Waals surface area contributed by atoms with Crippen molar-refractivity contribution in [1.82, 2.24) is 4.57 Å². The Balaban J connectivity index is 2.49. The van der Waals surface area contributed by atoms with Crippen LogP contribution < -0.4 is 5.56 Å². The van der Waals surface area contributed by atoms with Gasteiger partial charge in [-0.2, -0.15) is 0 Å². The quantitative estimate of drug-likeness (QED) is 0.530. The number of pyridine rings is 1. The molecule has 1 unspecified atom stereocenters. The Morgan fingerprint density at radius 2 is 1.81 bits per heavy atom. The van der Waals surface area contributed by atoms with Crippen molar-refractivity contribution < 1.29 is 4.79 Å². The van der Waals surface area contributed by atoms with Crippen LogP contribution in [0, 0.1) is 6.92 Å². The zero-order valence-electron chi connectivity index (χ0n) is 15.3. The predicted octanol–water partition coefficient (Wildman–Crippen LogP) is 5.36. The molecule has 3 rings (SSSR count). The van der Waals surface area contributed by atoms with Gasteiger partial charge in [0, 0.05) is 28.2 Å². The monoisotopic (exact) mass is 411 g/mol. The minimum absolute atomic E-state index is 0.0567. The molecule has 0 saturated heterocycles. The number of aryl methyl sites for hydroxylation is 1. The molecular weight excluding hydrogens is 390 g/mol. The first-order valence-electron chi connectivity index (χ1n) is 8.82. The lowest BCUT2D eigenvalue weighted by molar-refractivity contribution is -0.109. The van der Waals surface area contributed by atoms with Crippen molar-refractivity contribution in [3.05, 3.63) is 68.5 Å². The van der Waals surface area contributed by atoms with Crippen LogP contribution >= 0.6 is 15.9 Å². The van der Waals surface area contributed by atoms with E-state index in [1.165, 1.54) is 0 Å². The minimum Gasteiger partial charge on any atom is -0.314 e. The molecule has 4 heteroatoms. The molecule has 0 radical (unpaired) electrons. The third kappa shape index (κ3) is 3.26. The maximum Gasteiger partial charge on any atom is 0.258 e. The SMILES string of the molecule is CCCC(C=O)c1c(-c2ccc(Br)cc2)c2cc(C)ccc2c(=O)n1C. The molecule has 0 N–H and O–H groups in total. The molecule has 0 fully saturated rings. The minimum atomic E-state index is -0.304. The second kappa shape index (κ2) is 7.58. The van der Waals surface area contributed by atoms with E-state index in [2.05, 4.69) is 22.9 Å². The molecule has 0 aliphatic rings. The van der Waals surface area contributed by atoms with Gasteiger partial charge in [0.25, 0.3) is 5.56 Å². The predicted molar refractivity (Wildman–Crippen MR) is 111 cm³/mol. The number of benzene rings is 2. The first-order valence-corrected chi connectivity index (χ1v) is 9.61. The highest BCUT2D eigenvalue weighted by molar-refractivity contribution is 9.10. The summed E-state index contributed by atoms with van der Waals surface area (Å²) < 4.78 is 2.65. The summed E-state index contributed by atoms with van der Waals surface area (Å²) in [4.78, 5) is 24.8. The van der Waals surface area contributed by atoms with Gasteiger partial charge in [0.1, 0.15) is 6.29 Å². The van der Waals surface area contributed by atoms with E-state index < -0.39 is 0 Å². The third-order valence-corrected chi connectivity index (χ3v) is 5.37. The highest BCUT2D eigenvalue weighted by atomic mass is 79.9. The molecule has 1 heterocycles. The molecule has 0 aliphatic heterocycles. The van der Waals surface area contributed by atoms with E-state index in [-0.39, 0.29) is 11.5 Å². The standard InChI is InChI=1S/C22H22BrNO2/c1-4-5-16(13-25)21-20(15-7-9-17(23)10-8-15)19-12-14(2)6-11-18(19)22(26)24(21)3/h6-13,16H,4-5H2,1-3H3. The number of nitrogens with zero attached hydrogens (tertiary/aromatic N) is 1. The summed E-state index contributed by atoms with van der Waals surface area (Å²) in [6, 6.07) is 13.9. The topological polar surface area (TPSA) is 39.1 Å². The highest BCUT2D eigenvalue weighted by Crippen LogP contribution is 2.36. The Morgan fingerprint density at radius 1 is 1.12 bits per heavy atom. The summed E-state index contributed by atoms with van der Waals surface area (Å²) in [6.45, 7) is 4.07. The van der Waals surface area contributed by atoms with Crippen LogP contribution in [0.15, 0.2) is 51.7 Å². The molecule has 0 aliphatic carbocycles. The maximum atomic E-state index is 13.0. The van der Waals surface area contributed by atoms with Gasteiger partial charge in [0.05, 0.1) is 5.92 Å². The molecule has 0 spiro atoms. The van der Waals surface area contributed by atoms with E-state index in [1.54, 1.807) is 11.6 Å². The second-order valence-corrected chi connectivity index (χ2v) is 7.63. The molecule has 0 bridgehead atoms. The normalized spacial score (nSPS) is 12.3. The first-order chi connectivity index (χ1) is 12.5. The van der Waals surface area contributed by atoms with Crippen molar-refractivity contribution in [1.29, 1.82) is 0 Å². The number of fused-ring (bicyclic) bond motifs is 1. The number of halogens is 1. The van der Waals surface area contributed by atoms with Gasteiger partial charge in [-0.05, 0) is 42.5 Å². The Labute approximate surface area is 161 Å². The number of rotatable bonds is 5. The molecule has 2 aromatic carbocycles. The van der Waals surface area contributed by atoms with Gasteiger partial charge in [0.15, 0.2) is 0 Å². The number of hydrogen-bond donors (Lipinski definition) is 0. The molecule has 0 saturated carbocycles. The summed E-state index contributed by atoms with van der Waals surface area (Å²) >= 11 is 3.48. The Morgan fingerprint density at radius 3 is 2.42 bits per heavy atom. The van der Waals surface area contributed by atoms with E-state index in [4.69, 9.17) is 0 Å². The van der Waals surface area contributed by atoms with Gasteiger partial charge in [-0.25, -0.2) is 0 Å². The van der Waals surface area contributed by atoms with Crippen molar-refractivity contribution in [2.75, 3.05) is 0 Å². The fourth-order valence-corrected chi connectivity index (χ4v) is 3.85. The smallest absolute Gasteiger partial charge is 0.258 e. The largest absolute Gasteiger partial charge is 0.314 e. The zero-order valence-corrected chi connectivity index (χ0v) is 16.8. The summed E-state index contributed by atoms with van der Waals surface area (Å²) in [7, 11) is 1.77. The van der Waals surface area contributed by atoms with Crippen molar-refractivity contribution in [2.24, 2.45) is 7.05 Å². The molecule has 3 aromatic rings. The van der Waals surface area contributed by atoms with E-state index in [9.17, 15) is 9.59 Å². The van der Waals surface area contributed by atoms with Gasteiger partial charge >= 0.3 is 0 Å². The molecule has 26 heavy (non-hydrogen) atoms. The molecule has 134 valence electrons. The van der Waals surface area contributed by atoms with Gasteiger partial charge in [0.2, 0.25) is 0 Å². The van der Waals surface area contributed by atoms with Gasteiger partial charge in [-0.3, -0.25) is 4.79 Å². The second-order valence-electron chi connectivity index (χ2n) is 6.71. The van der Waals surface area contributed by atoms with Crippen LogP contribution in [0.1, 0.15) is 36.9 Å². The molecule has 1 atom stereocenters. The fourth-order valence-electron chi connectivity index (χ4n) is 3.58. The van der Waals surface area contributed by atoms with E-state index >= 15 is 0 Å². The van der Waals surface area contributed by atoms with Crippen LogP contribution in [-0.2, 0) is 11.8 Å².